The highest BCUT2D eigenvalue weighted by atomic mass is 16.5. The van der Waals surface area contributed by atoms with Crippen LogP contribution >= 0.6 is 0 Å². The van der Waals surface area contributed by atoms with Gasteiger partial charge in [0.2, 0.25) is 0 Å². The van der Waals surface area contributed by atoms with Crippen LogP contribution in [0.5, 0.6) is 5.75 Å². The number of Topliss-reactive ketones (excluding diaryl/α,β-unsaturated/α-hetero) is 1. The van der Waals surface area contributed by atoms with E-state index >= 15 is 0 Å². The zero-order valence-electron chi connectivity index (χ0n) is 11.3. The molecule has 2 heteroatoms. The molecule has 0 atom stereocenters. The molecule has 2 aromatic rings. The summed E-state index contributed by atoms with van der Waals surface area (Å²) >= 11 is 0. The van der Waals surface area contributed by atoms with Crippen LogP contribution in [0.4, 0.5) is 0 Å². The summed E-state index contributed by atoms with van der Waals surface area (Å²) in [5.41, 5.74) is 0.505. The highest BCUT2D eigenvalue weighted by Gasteiger charge is 2.13. The minimum absolute atomic E-state index is 0.0773. The molecule has 94 valence electrons. The Kier molecular flexibility index (Phi) is 3.12. The second-order valence-electron chi connectivity index (χ2n) is 5.46. The number of rotatable bonds is 2. The van der Waals surface area contributed by atoms with Crippen molar-refractivity contribution in [2.75, 3.05) is 0 Å². The Labute approximate surface area is 108 Å². The van der Waals surface area contributed by atoms with E-state index in [0.29, 0.717) is 0 Å². The quantitative estimate of drug-likeness (QED) is 0.737. The normalized spacial score (nSPS) is 11.6. The molecule has 0 aliphatic carbocycles. The highest BCUT2D eigenvalue weighted by molar-refractivity contribution is 6.07. The Morgan fingerprint density at radius 1 is 1.11 bits per heavy atom. The summed E-state index contributed by atoms with van der Waals surface area (Å²) in [7, 11) is 0. The third-order valence-corrected chi connectivity index (χ3v) is 2.66. The summed E-state index contributed by atoms with van der Waals surface area (Å²) < 4.78 is 5.83. The molecule has 0 saturated heterocycles. The van der Waals surface area contributed by atoms with Gasteiger partial charge in [0.15, 0.2) is 5.78 Å². The minimum Gasteiger partial charge on any atom is -0.488 e. The van der Waals surface area contributed by atoms with Crippen LogP contribution < -0.4 is 4.74 Å². The van der Waals surface area contributed by atoms with Gasteiger partial charge in [0, 0.05) is 5.56 Å². The van der Waals surface area contributed by atoms with Crippen molar-refractivity contribution >= 4 is 16.6 Å². The summed E-state index contributed by atoms with van der Waals surface area (Å²) in [6.07, 6.45) is 0. The monoisotopic (exact) mass is 242 g/mol. The molecular formula is C16H18O2. The van der Waals surface area contributed by atoms with Crippen molar-refractivity contribution in [2.24, 2.45) is 0 Å². The molecule has 18 heavy (non-hydrogen) atoms. The predicted molar refractivity (Wildman–Crippen MR) is 74.3 cm³/mol. The zero-order valence-corrected chi connectivity index (χ0v) is 11.3. The Morgan fingerprint density at radius 3 is 2.44 bits per heavy atom. The molecule has 0 spiro atoms. The molecule has 2 nitrogen and oxygen atoms in total. The van der Waals surface area contributed by atoms with Crippen LogP contribution in [0.2, 0.25) is 0 Å². The zero-order chi connectivity index (χ0) is 13.3. The first-order chi connectivity index (χ1) is 8.37. The molecular weight excluding hydrogens is 224 g/mol. The molecule has 0 unspecified atom stereocenters. The van der Waals surface area contributed by atoms with Crippen molar-refractivity contribution in [1.82, 2.24) is 0 Å². The number of benzene rings is 2. The second kappa shape index (κ2) is 4.45. The second-order valence-corrected chi connectivity index (χ2v) is 5.46. The smallest absolute Gasteiger partial charge is 0.160 e. The standard InChI is InChI=1S/C16H18O2/c1-11(17)14-7-5-6-12-8-9-13(10-15(12)14)18-16(2,3)4/h5-10H,1-4H3. The Balaban J connectivity index is 2.55. The fourth-order valence-electron chi connectivity index (χ4n) is 1.98. The van der Waals surface area contributed by atoms with Crippen LogP contribution in [0.15, 0.2) is 36.4 Å². The largest absolute Gasteiger partial charge is 0.488 e. The lowest BCUT2D eigenvalue weighted by Gasteiger charge is -2.21. The van der Waals surface area contributed by atoms with E-state index in [9.17, 15) is 4.79 Å². The van der Waals surface area contributed by atoms with E-state index in [1.165, 1.54) is 0 Å². The lowest BCUT2D eigenvalue weighted by molar-refractivity contribution is 0.101. The maximum Gasteiger partial charge on any atom is 0.160 e. The summed E-state index contributed by atoms with van der Waals surface area (Å²) in [6, 6.07) is 11.6. The molecule has 0 aromatic heterocycles. The average molecular weight is 242 g/mol. The van der Waals surface area contributed by atoms with E-state index < -0.39 is 0 Å². The number of hydrogen-bond donors (Lipinski definition) is 0. The van der Waals surface area contributed by atoms with Gasteiger partial charge in [0.25, 0.3) is 0 Å². The van der Waals surface area contributed by atoms with Gasteiger partial charge in [-0.15, -0.1) is 0 Å². The average Bonchev–Trinajstić information content (AvgIpc) is 2.25. The van der Waals surface area contributed by atoms with E-state index in [-0.39, 0.29) is 11.4 Å². The molecule has 2 aromatic carbocycles. The summed E-state index contributed by atoms with van der Waals surface area (Å²) in [5, 5.41) is 2.01. The number of ether oxygens (including phenoxy) is 1. The Bertz CT molecular complexity index is 592. The van der Waals surface area contributed by atoms with Crippen LogP contribution in [-0.2, 0) is 0 Å². The molecule has 0 N–H and O–H groups in total. The van der Waals surface area contributed by atoms with Crippen LogP contribution in [0.1, 0.15) is 38.1 Å². The molecule has 0 aliphatic rings. The number of fused-ring (bicyclic) bond motifs is 1. The number of carbonyl (C=O) groups excluding carboxylic acids is 1. The predicted octanol–water partition coefficient (Wildman–Crippen LogP) is 4.22. The first kappa shape index (κ1) is 12.6. The van der Waals surface area contributed by atoms with E-state index in [1.54, 1.807) is 6.92 Å². The summed E-state index contributed by atoms with van der Waals surface area (Å²) in [4.78, 5) is 11.6. The fourth-order valence-corrected chi connectivity index (χ4v) is 1.98. The van der Waals surface area contributed by atoms with Crippen molar-refractivity contribution in [1.29, 1.82) is 0 Å². The topological polar surface area (TPSA) is 26.3 Å². The maximum atomic E-state index is 11.6. The Hall–Kier alpha value is -1.83. The number of hydrogen-bond acceptors (Lipinski definition) is 2. The van der Waals surface area contributed by atoms with E-state index in [0.717, 1.165) is 22.1 Å². The van der Waals surface area contributed by atoms with Gasteiger partial charge in [0.1, 0.15) is 11.4 Å². The lowest BCUT2D eigenvalue weighted by Crippen LogP contribution is -2.22. The SMILES string of the molecule is CC(=O)c1cccc2ccc(OC(C)(C)C)cc12. The molecule has 2 rings (SSSR count). The van der Waals surface area contributed by atoms with Crippen molar-refractivity contribution in [3.63, 3.8) is 0 Å². The first-order valence-corrected chi connectivity index (χ1v) is 6.09. The van der Waals surface area contributed by atoms with Crippen molar-refractivity contribution in [3.05, 3.63) is 42.0 Å². The third kappa shape index (κ3) is 2.70. The Morgan fingerprint density at radius 2 is 1.83 bits per heavy atom. The molecule has 0 radical (unpaired) electrons. The lowest BCUT2D eigenvalue weighted by atomic mass is 10.0. The van der Waals surface area contributed by atoms with E-state index in [1.807, 2.05) is 57.2 Å². The molecule has 0 fully saturated rings. The van der Waals surface area contributed by atoms with Gasteiger partial charge in [-0.05, 0) is 50.6 Å². The van der Waals surface area contributed by atoms with E-state index in [4.69, 9.17) is 4.74 Å². The highest BCUT2D eigenvalue weighted by Crippen LogP contribution is 2.26. The van der Waals surface area contributed by atoms with Crippen molar-refractivity contribution < 1.29 is 9.53 Å². The molecule has 0 heterocycles. The summed E-state index contributed by atoms with van der Waals surface area (Å²) in [6.45, 7) is 7.61. The van der Waals surface area contributed by atoms with Crippen molar-refractivity contribution in [3.8, 4) is 5.75 Å². The van der Waals surface area contributed by atoms with Crippen LogP contribution in [0.3, 0.4) is 0 Å². The summed E-state index contributed by atoms with van der Waals surface area (Å²) in [5.74, 6) is 0.872. The van der Waals surface area contributed by atoms with E-state index in [2.05, 4.69) is 0 Å². The van der Waals surface area contributed by atoms with Crippen LogP contribution in [-0.4, -0.2) is 11.4 Å². The molecule has 0 amide bonds. The fraction of sp³-hybridized carbons (Fsp3) is 0.312. The first-order valence-electron chi connectivity index (χ1n) is 6.09. The van der Waals surface area contributed by atoms with Crippen LogP contribution in [0.25, 0.3) is 10.8 Å². The van der Waals surface area contributed by atoms with Gasteiger partial charge in [-0.3, -0.25) is 4.79 Å². The third-order valence-electron chi connectivity index (χ3n) is 2.66. The molecule has 0 bridgehead atoms. The number of ketones is 1. The number of carbonyl (C=O) groups is 1. The van der Waals surface area contributed by atoms with Gasteiger partial charge < -0.3 is 4.74 Å². The van der Waals surface area contributed by atoms with Gasteiger partial charge in [0.05, 0.1) is 0 Å². The van der Waals surface area contributed by atoms with Gasteiger partial charge in [-0.25, -0.2) is 0 Å². The van der Waals surface area contributed by atoms with Gasteiger partial charge >= 0.3 is 0 Å². The maximum absolute atomic E-state index is 11.6. The van der Waals surface area contributed by atoms with Crippen LogP contribution in [0, 0.1) is 0 Å². The van der Waals surface area contributed by atoms with Gasteiger partial charge in [-0.2, -0.15) is 0 Å². The van der Waals surface area contributed by atoms with Crippen molar-refractivity contribution in [2.45, 2.75) is 33.3 Å². The van der Waals surface area contributed by atoms with Gasteiger partial charge in [-0.1, -0.05) is 24.3 Å². The molecule has 0 aliphatic heterocycles. The molecule has 0 saturated carbocycles. The minimum atomic E-state index is -0.237.